The highest BCUT2D eigenvalue weighted by Gasteiger charge is 2.33. The first-order valence-electron chi connectivity index (χ1n) is 10.1. The standard InChI is InChI=1S/C25H26ClNO4/c1-6-30-24(29)23(31-25(3,4)5)21-15(2)13-20-19(12-11-18(14-28)27-20)22(21)16-7-9-17(26)10-8-16/h7-14,23H,6H2,1-5H3/t23-/m0/s1. The molecule has 0 unspecified atom stereocenters. The van der Waals surface area contributed by atoms with Crippen molar-refractivity contribution in [2.24, 2.45) is 0 Å². The van der Waals surface area contributed by atoms with Gasteiger partial charge in [0.25, 0.3) is 0 Å². The monoisotopic (exact) mass is 439 g/mol. The van der Waals surface area contributed by atoms with Crippen molar-refractivity contribution >= 4 is 34.8 Å². The van der Waals surface area contributed by atoms with Crippen molar-refractivity contribution in [1.82, 2.24) is 4.98 Å². The summed E-state index contributed by atoms with van der Waals surface area (Å²) in [6, 6.07) is 12.8. The molecule has 0 spiro atoms. The van der Waals surface area contributed by atoms with Crippen molar-refractivity contribution in [3.05, 3.63) is 64.3 Å². The Morgan fingerprint density at radius 3 is 2.42 bits per heavy atom. The van der Waals surface area contributed by atoms with E-state index in [1.807, 2.05) is 52.0 Å². The molecule has 0 radical (unpaired) electrons. The number of hydrogen-bond acceptors (Lipinski definition) is 5. The van der Waals surface area contributed by atoms with Crippen molar-refractivity contribution in [2.75, 3.05) is 6.61 Å². The minimum atomic E-state index is -0.930. The minimum absolute atomic E-state index is 0.246. The van der Waals surface area contributed by atoms with Crippen LogP contribution in [0.25, 0.3) is 22.0 Å². The zero-order valence-electron chi connectivity index (χ0n) is 18.4. The zero-order valence-corrected chi connectivity index (χ0v) is 19.1. The number of fused-ring (bicyclic) bond motifs is 1. The molecule has 0 saturated carbocycles. The second-order valence-corrected chi connectivity index (χ2v) is 8.71. The van der Waals surface area contributed by atoms with Gasteiger partial charge in [-0.05, 0) is 81.6 Å². The predicted molar refractivity (Wildman–Crippen MR) is 123 cm³/mol. The Morgan fingerprint density at radius 2 is 1.84 bits per heavy atom. The van der Waals surface area contributed by atoms with Crippen LogP contribution < -0.4 is 0 Å². The average molecular weight is 440 g/mol. The lowest BCUT2D eigenvalue weighted by atomic mass is 9.88. The van der Waals surface area contributed by atoms with E-state index in [0.29, 0.717) is 21.8 Å². The maximum Gasteiger partial charge on any atom is 0.339 e. The number of carbonyl (C=O) groups is 2. The Morgan fingerprint density at radius 1 is 1.16 bits per heavy atom. The largest absolute Gasteiger partial charge is 0.464 e. The molecule has 31 heavy (non-hydrogen) atoms. The molecule has 162 valence electrons. The molecule has 1 heterocycles. The van der Waals surface area contributed by atoms with Gasteiger partial charge in [0.1, 0.15) is 5.69 Å². The second kappa shape index (κ2) is 9.16. The molecule has 0 N–H and O–H groups in total. The number of ether oxygens (including phenoxy) is 2. The summed E-state index contributed by atoms with van der Waals surface area (Å²) in [7, 11) is 0. The van der Waals surface area contributed by atoms with Crippen LogP contribution in [-0.2, 0) is 14.3 Å². The molecule has 5 nitrogen and oxygen atoms in total. The predicted octanol–water partition coefficient (Wildman–Crippen LogP) is 6.10. The number of hydrogen-bond donors (Lipinski definition) is 0. The van der Waals surface area contributed by atoms with Crippen molar-refractivity contribution in [2.45, 2.75) is 46.3 Å². The molecule has 1 atom stereocenters. The highest BCUT2D eigenvalue weighted by atomic mass is 35.5. The lowest BCUT2D eigenvalue weighted by Crippen LogP contribution is -2.29. The maximum atomic E-state index is 13.0. The van der Waals surface area contributed by atoms with Crippen molar-refractivity contribution in [1.29, 1.82) is 0 Å². The van der Waals surface area contributed by atoms with E-state index in [2.05, 4.69) is 4.98 Å². The zero-order chi connectivity index (χ0) is 22.8. The summed E-state index contributed by atoms with van der Waals surface area (Å²) in [5, 5.41) is 1.41. The van der Waals surface area contributed by atoms with Gasteiger partial charge in [-0.15, -0.1) is 0 Å². The summed E-state index contributed by atoms with van der Waals surface area (Å²) in [6.45, 7) is 9.61. The van der Waals surface area contributed by atoms with Crippen molar-refractivity contribution < 1.29 is 19.1 Å². The number of benzene rings is 2. The van der Waals surface area contributed by atoms with Crippen LogP contribution in [0, 0.1) is 6.92 Å². The lowest BCUT2D eigenvalue weighted by molar-refractivity contribution is -0.166. The fourth-order valence-electron chi connectivity index (χ4n) is 3.56. The van der Waals surface area contributed by atoms with Crippen LogP contribution in [0.3, 0.4) is 0 Å². The van der Waals surface area contributed by atoms with E-state index < -0.39 is 17.7 Å². The number of rotatable bonds is 6. The van der Waals surface area contributed by atoms with Gasteiger partial charge in [-0.2, -0.15) is 0 Å². The second-order valence-electron chi connectivity index (χ2n) is 8.27. The lowest BCUT2D eigenvalue weighted by Gasteiger charge is -2.29. The molecule has 0 saturated heterocycles. The molecule has 0 aliphatic heterocycles. The minimum Gasteiger partial charge on any atom is -0.464 e. The summed E-state index contributed by atoms with van der Waals surface area (Å²) in [5.74, 6) is -0.451. The van der Waals surface area contributed by atoms with Gasteiger partial charge in [0.2, 0.25) is 0 Å². The molecule has 0 aliphatic carbocycles. The Kier molecular flexibility index (Phi) is 6.77. The molecule has 3 aromatic rings. The van der Waals surface area contributed by atoms with Crippen LogP contribution >= 0.6 is 11.6 Å². The Bertz CT molecular complexity index is 1120. The number of carbonyl (C=O) groups excluding carboxylic acids is 2. The number of esters is 1. The van der Waals surface area contributed by atoms with Crippen LogP contribution in [0.5, 0.6) is 0 Å². The molecule has 3 rings (SSSR count). The summed E-state index contributed by atoms with van der Waals surface area (Å²) >= 11 is 6.12. The highest BCUT2D eigenvalue weighted by Crippen LogP contribution is 2.40. The summed E-state index contributed by atoms with van der Waals surface area (Å²) in [6.07, 6.45) is -0.213. The van der Waals surface area contributed by atoms with Gasteiger partial charge < -0.3 is 9.47 Å². The van der Waals surface area contributed by atoms with E-state index in [1.165, 1.54) is 0 Å². The first-order valence-corrected chi connectivity index (χ1v) is 10.5. The van der Waals surface area contributed by atoms with Gasteiger partial charge in [-0.25, -0.2) is 9.78 Å². The number of aromatic nitrogens is 1. The molecule has 1 aromatic heterocycles. The number of pyridine rings is 1. The van der Waals surface area contributed by atoms with Crippen molar-refractivity contribution in [3.63, 3.8) is 0 Å². The summed E-state index contributed by atoms with van der Waals surface area (Å²) in [5.41, 5.74) is 3.61. The molecular weight excluding hydrogens is 414 g/mol. The molecule has 6 heteroatoms. The topological polar surface area (TPSA) is 65.5 Å². The first kappa shape index (κ1) is 22.9. The van der Waals surface area contributed by atoms with Gasteiger partial charge in [-0.3, -0.25) is 4.79 Å². The highest BCUT2D eigenvalue weighted by molar-refractivity contribution is 6.30. The van der Waals surface area contributed by atoms with Gasteiger partial charge >= 0.3 is 5.97 Å². The fourth-order valence-corrected chi connectivity index (χ4v) is 3.69. The normalized spacial score (nSPS) is 12.6. The smallest absolute Gasteiger partial charge is 0.339 e. The third-order valence-corrected chi connectivity index (χ3v) is 5.00. The third-order valence-electron chi connectivity index (χ3n) is 4.75. The third kappa shape index (κ3) is 5.12. The van der Waals surface area contributed by atoms with Gasteiger partial charge in [0.15, 0.2) is 12.4 Å². The van der Waals surface area contributed by atoms with E-state index in [1.54, 1.807) is 25.1 Å². The van der Waals surface area contributed by atoms with Crippen molar-refractivity contribution in [3.8, 4) is 11.1 Å². The number of nitrogens with zero attached hydrogens (tertiary/aromatic N) is 1. The van der Waals surface area contributed by atoms with E-state index in [-0.39, 0.29) is 6.61 Å². The summed E-state index contributed by atoms with van der Waals surface area (Å²) in [4.78, 5) is 28.7. The number of halogens is 1. The average Bonchev–Trinajstić information content (AvgIpc) is 2.71. The van der Waals surface area contributed by atoms with E-state index in [9.17, 15) is 9.59 Å². The molecule has 2 aromatic carbocycles. The molecule has 0 amide bonds. The Labute approximate surface area is 187 Å². The number of aldehydes is 1. The van der Waals surface area contributed by atoms with Crippen LogP contribution in [0.2, 0.25) is 5.02 Å². The van der Waals surface area contributed by atoms with Crippen LogP contribution in [-0.4, -0.2) is 29.4 Å². The number of aryl methyl sites for hydroxylation is 1. The fraction of sp³-hybridized carbons (Fsp3) is 0.320. The Balaban J connectivity index is 2.38. The van der Waals surface area contributed by atoms with E-state index in [0.717, 1.165) is 28.4 Å². The van der Waals surface area contributed by atoms with Crippen LogP contribution in [0.15, 0.2) is 42.5 Å². The van der Waals surface area contributed by atoms with Gasteiger partial charge in [0.05, 0.1) is 17.7 Å². The van der Waals surface area contributed by atoms with E-state index in [4.69, 9.17) is 21.1 Å². The molecular formula is C25H26ClNO4. The maximum absolute atomic E-state index is 13.0. The Hall–Kier alpha value is -2.76. The first-order chi connectivity index (χ1) is 14.6. The van der Waals surface area contributed by atoms with Crippen LogP contribution in [0.1, 0.15) is 55.4 Å². The van der Waals surface area contributed by atoms with E-state index >= 15 is 0 Å². The molecule has 0 bridgehead atoms. The van der Waals surface area contributed by atoms with Crippen LogP contribution in [0.4, 0.5) is 0 Å². The molecule has 0 fully saturated rings. The molecule has 0 aliphatic rings. The SMILES string of the molecule is CCOC(=O)[C@@H](OC(C)(C)C)c1c(C)cc2nc(C=O)ccc2c1-c1ccc(Cl)cc1. The van der Waals surface area contributed by atoms with Gasteiger partial charge in [-0.1, -0.05) is 23.7 Å². The quantitative estimate of drug-likeness (QED) is 0.343. The van der Waals surface area contributed by atoms with Gasteiger partial charge in [0, 0.05) is 16.0 Å². The summed E-state index contributed by atoms with van der Waals surface area (Å²) < 4.78 is 11.6.